The van der Waals surface area contributed by atoms with Gasteiger partial charge in [0.15, 0.2) is 0 Å². The highest BCUT2D eigenvalue weighted by Gasteiger charge is 2.18. The van der Waals surface area contributed by atoms with Crippen molar-refractivity contribution in [2.45, 2.75) is 44.9 Å². The van der Waals surface area contributed by atoms with Crippen molar-refractivity contribution in [1.82, 2.24) is 10.2 Å². The summed E-state index contributed by atoms with van der Waals surface area (Å²) in [7, 11) is 0. The summed E-state index contributed by atoms with van der Waals surface area (Å²) in [6.45, 7) is 4.26. The summed E-state index contributed by atoms with van der Waals surface area (Å²) < 4.78 is 0. The lowest BCUT2D eigenvalue weighted by Crippen LogP contribution is -2.38. The first-order valence-corrected chi connectivity index (χ1v) is 7.51. The van der Waals surface area contributed by atoms with E-state index in [0.29, 0.717) is 0 Å². The minimum Gasteiger partial charge on any atom is -0.355 e. The molecule has 18 heavy (non-hydrogen) atoms. The van der Waals surface area contributed by atoms with Crippen LogP contribution in [0.1, 0.15) is 44.9 Å². The fourth-order valence-electron chi connectivity index (χ4n) is 2.87. The van der Waals surface area contributed by atoms with E-state index in [2.05, 4.69) is 22.4 Å². The summed E-state index contributed by atoms with van der Waals surface area (Å²) in [5, 5.41) is 3.11. The predicted octanol–water partition coefficient (Wildman–Crippen LogP) is 2.33. The first-order chi connectivity index (χ1) is 8.86. The molecule has 1 amide bonds. The Kier molecular flexibility index (Phi) is 5.72. The van der Waals surface area contributed by atoms with Gasteiger partial charge in [0.25, 0.3) is 0 Å². The standard InChI is InChI=1S/C15H26N2O/c18-15(14-8-4-3-5-9-14)16-10-13-17-11-6-1-2-7-12-17/h3-4,14H,1-2,5-13H2,(H,16,18). The zero-order valence-electron chi connectivity index (χ0n) is 11.4. The normalized spacial score (nSPS) is 25.7. The SMILES string of the molecule is O=C(NCCN1CCCCCC1)C1CC=CCC1. The average Bonchev–Trinajstić information content (AvgIpc) is 2.68. The Bertz CT molecular complexity index is 280. The van der Waals surface area contributed by atoms with Crippen LogP contribution in [-0.4, -0.2) is 37.0 Å². The molecule has 1 aliphatic heterocycles. The molecule has 1 saturated heterocycles. The zero-order chi connectivity index (χ0) is 12.6. The number of hydrogen-bond donors (Lipinski definition) is 1. The first-order valence-electron chi connectivity index (χ1n) is 7.51. The third kappa shape index (κ3) is 4.45. The van der Waals surface area contributed by atoms with Crippen LogP contribution in [0.2, 0.25) is 0 Å². The number of carbonyl (C=O) groups is 1. The van der Waals surface area contributed by atoms with Gasteiger partial charge < -0.3 is 10.2 Å². The molecule has 3 heteroatoms. The summed E-state index contributed by atoms with van der Waals surface area (Å²) in [6, 6.07) is 0. The summed E-state index contributed by atoms with van der Waals surface area (Å²) in [4.78, 5) is 14.4. The van der Waals surface area contributed by atoms with E-state index in [-0.39, 0.29) is 11.8 Å². The molecule has 3 nitrogen and oxygen atoms in total. The summed E-state index contributed by atoms with van der Waals surface area (Å²) in [5.41, 5.74) is 0. The Balaban J connectivity index is 1.61. The second-order valence-corrected chi connectivity index (χ2v) is 5.53. The van der Waals surface area contributed by atoms with Crippen molar-refractivity contribution in [3.05, 3.63) is 12.2 Å². The van der Waals surface area contributed by atoms with Crippen LogP contribution in [0.5, 0.6) is 0 Å². The molecule has 1 N–H and O–H groups in total. The van der Waals surface area contributed by atoms with Crippen LogP contribution in [0.4, 0.5) is 0 Å². The van der Waals surface area contributed by atoms with E-state index in [1.54, 1.807) is 0 Å². The minimum absolute atomic E-state index is 0.221. The predicted molar refractivity (Wildman–Crippen MR) is 74.4 cm³/mol. The van der Waals surface area contributed by atoms with Gasteiger partial charge in [-0.05, 0) is 45.2 Å². The van der Waals surface area contributed by atoms with Gasteiger partial charge in [0.2, 0.25) is 5.91 Å². The van der Waals surface area contributed by atoms with Crippen LogP contribution in [-0.2, 0) is 4.79 Å². The third-order valence-corrected chi connectivity index (χ3v) is 4.07. The van der Waals surface area contributed by atoms with Gasteiger partial charge in [-0.3, -0.25) is 4.79 Å². The van der Waals surface area contributed by atoms with Crippen LogP contribution < -0.4 is 5.32 Å². The zero-order valence-corrected chi connectivity index (χ0v) is 11.4. The maximum absolute atomic E-state index is 11.9. The average molecular weight is 250 g/mol. The van der Waals surface area contributed by atoms with Gasteiger partial charge in [-0.2, -0.15) is 0 Å². The van der Waals surface area contributed by atoms with Gasteiger partial charge in [-0.15, -0.1) is 0 Å². The Labute approximate surface area is 111 Å². The van der Waals surface area contributed by atoms with E-state index in [1.165, 1.54) is 38.8 Å². The van der Waals surface area contributed by atoms with Gasteiger partial charge in [-0.25, -0.2) is 0 Å². The molecular weight excluding hydrogens is 224 g/mol. The van der Waals surface area contributed by atoms with Gasteiger partial charge in [0.1, 0.15) is 0 Å². The number of allylic oxidation sites excluding steroid dienone is 2. The number of carbonyl (C=O) groups excluding carboxylic acids is 1. The van der Waals surface area contributed by atoms with Crippen molar-refractivity contribution in [2.24, 2.45) is 5.92 Å². The van der Waals surface area contributed by atoms with Crippen LogP contribution >= 0.6 is 0 Å². The van der Waals surface area contributed by atoms with Crippen LogP contribution in [0, 0.1) is 5.92 Å². The first kappa shape index (κ1) is 13.6. The number of amides is 1. The Hall–Kier alpha value is -0.830. The van der Waals surface area contributed by atoms with Gasteiger partial charge >= 0.3 is 0 Å². The third-order valence-electron chi connectivity index (χ3n) is 4.07. The molecule has 1 heterocycles. The number of likely N-dealkylation sites (tertiary alicyclic amines) is 1. The quantitative estimate of drug-likeness (QED) is 0.777. The van der Waals surface area contributed by atoms with Crippen molar-refractivity contribution in [2.75, 3.05) is 26.2 Å². The molecule has 0 aromatic heterocycles. The lowest BCUT2D eigenvalue weighted by atomic mass is 9.94. The van der Waals surface area contributed by atoms with Gasteiger partial charge in [-0.1, -0.05) is 25.0 Å². The number of rotatable bonds is 4. The Morgan fingerprint density at radius 3 is 2.61 bits per heavy atom. The van der Waals surface area contributed by atoms with E-state index < -0.39 is 0 Å². The molecule has 0 saturated carbocycles. The van der Waals surface area contributed by atoms with Crippen LogP contribution in [0.15, 0.2) is 12.2 Å². The Morgan fingerprint density at radius 1 is 1.17 bits per heavy atom. The molecule has 2 rings (SSSR count). The van der Waals surface area contributed by atoms with Crippen molar-refractivity contribution in [3.8, 4) is 0 Å². The largest absolute Gasteiger partial charge is 0.355 e. The highest BCUT2D eigenvalue weighted by molar-refractivity contribution is 5.78. The summed E-state index contributed by atoms with van der Waals surface area (Å²) in [5.74, 6) is 0.480. The van der Waals surface area contributed by atoms with E-state index in [0.717, 1.165) is 32.4 Å². The molecule has 0 aromatic rings. The molecule has 1 aliphatic carbocycles. The smallest absolute Gasteiger partial charge is 0.223 e. The summed E-state index contributed by atoms with van der Waals surface area (Å²) >= 11 is 0. The van der Waals surface area contributed by atoms with Gasteiger partial charge in [0.05, 0.1) is 0 Å². The molecule has 0 aromatic carbocycles. The second-order valence-electron chi connectivity index (χ2n) is 5.53. The molecule has 0 bridgehead atoms. The Morgan fingerprint density at radius 2 is 1.94 bits per heavy atom. The minimum atomic E-state index is 0.221. The summed E-state index contributed by atoms with van der Waals surface area (Å²) in [6.07, 6.45) is 12.7. The second kappa shape index (κ2) is 7.57. The fourth-order valence-corrected chi connectivity index (χ4v) is 2.87. The lowest BCUT2D eigenvalue weighted by molar-refractivity contribution is -0.125. The molecule has 102 valence electrons. The number of hydrogen-bond acceptors (Lipinski definition) is 2. The van der Waals surface area contributed by atoms with Gasteiger partial charge in [0, 0.05) is 19.0 Å². The van der Waals surface area contributed by atoms with Crippen molar-refractivity contribution >= 4 is 5.91 Å². The molecule has 1 fully saturated rings. The maximum atomic E-state index is 11.9. The molecule has 1 atom stereocenters. The molecule has 2 aliphatic rings. The van der Waals surface area contributed by atoms with Crippen molar-refractivity contribution in [3.63, 3.8) is 0 Å². The van der Waals surface area contributed by atoms with E-state index in [1.807, 2.05) is 0 Å². The highest BCUT2D eigenvalue weighted by atomic mass is 16.1. The highest BCUT2D eigenvalue weighted by Crippen LogP contribution is 2.17. The van der Waals surface area contributed by atoms with Crippen LogP contribution in [0.25, 0.3) is 0 Å². The lowest BCUT2D eigenvalue weighted by Gasteiger charge is -2.21. The van der Waals surface area contributed by atoms with Crippen molar-refractivity contribution < 1.29 is 4.79 Å². The molecule has 0 radical (unpaired) electrons. The number of nitrogens with one attached hydrogen (secondary N) is 1. The number of nitrogens with zero attached hydrogens (tertiary/aromatic N) is 1. The maximum Gasteiger partial charge on any atom is 0.223 e. The van der Waals surface area contributed by atoms with E-state index >= 15 is 0 Å². The molecular formula is C15H26N2O. The van der Waals surface area contributed by atoms with E-state index in [9.17, 15) is 4.79 Å². The fraction of sp³-hybridized carbons (Fsp3) is 0.800. The molecule has 0 spiro atoms. The van der Waals surface area contributed by atoms with Crippen LogP contribution in [0.3, 0.4) is 0 Å². The topological polar surface area (TPSA) is 32.3 Å². The van der Waals surface area contributed by atoms with E-state index in [4.69, 9.17) is 0 Å². The molecule has 1 unspecified atom stereocenters. The monoisotopic (exact) mass is 250 g/mol. The van der Waals surface area contributed by atoms with Crippen molar-refractivity contribution in [1.29, 1.82) is 0 Å².